The van der Waals surface area contributed by atoms with Gasteiger partial charge >= 0.3 is 11.9 Å². The Kier molecular flexibility index (Phi) is 2.66. The van der Waals surface area contributed by atoms with Crippen LogP contribution in [0.4, 0.5) is 11.5 Å². The summed E-state index contributed by atoms with van der Waals surface area (Å²) in [6.45, 7) is 1.71. The number of anilines is 2. The van der Waals surface area contributed by atoms with Crippen LogP contribution in [0.1, 0.15) is 5.56 Å². The van der Waals surface area contributed by atoms with Crippen LogP contribution in [0.3, 0.4) is 0 Å². The van der Waals surface area contributed by atoms with Gasteiger partial charge < -0.3 is 16.2 Å². The van der Waals surface area contributed by atoms with Crippen molar-refractivity contribution < 1.29 is 14.7 Å². The summed E-state index contributed by atoms with van der Waals surface area (Å²) in [4.78, 5) is 24.7. The predicted octanol–water partition coefficient (Wildman–Crippen LogP) is -0.00468. The number of pyridine rings is 1. The molecule has 0 radical (unpaired) electrons. The number of carbonyl (C=O) groups excluding carboxylic acids is 1. The van der Waals surface area contributed by atoms with Crippen molar-refractivity contribution in [3.8, 4) is 0 Å². The Balaban J connectivity index is 2.83. The number of carboxylic acid groups (broad SMARTS) is 1. The fourth-order valence-electron chi connectivity index (χ4n) is 0.838. The molecule has 0 unspecified atom stereocenters. The van der Waals surface area contributed by atoms with Crippen molar-refractivity contribution in [2.24, 2.45) is 0 Å². The van der Waals surface area contributed by atoms with E-state index in [0.717, 1.165) is 0 Å². The fourth-order valence-corrected chi connectivity index (χ4v) is 0.838. The molecule has 14 heavy (non-hydrogen) atoms. The van der Waals surface area contributed by atoms with Crippen LogP contribution in [-0.4, -0.2) is 22.0 Å². The second-order valence-electron chi connectivity index (χ2n) is 2.69. The number of nitrogens with one attached hydrogen (secondary N) is 1. The maximum Gasteiger partial charge on any atom is 0.394 e. The lowest BCUT2D eigenvalue weighted by molar-refractivity contribution is -0.147. The maximum absolute atomic E-state index is 10.7. The van der Waals surface area contributed by atoms with Crippen molar-refractivity contribution in [3.63, 3.8) is 0 Å². The highest BCUT2D eigenvalue weighted by Crippen LogP contribution is 2.12. The van der Waals surface area contributed by atoms with E-state index in [0.29, 0.717) is 17.1 Å². The zero-order valence-corrected chi connectivity index (χ0v) is 7.44. The number of carbonyl (C=O) groups is 2. The summed E-state index contributed by atoms with van der Waals surface area (Å²) >= 11 is 0. The van der Waals surface area contributed by atoms with Gasteiger partial charge in [0.15, 0.2) is 0 Å². The normalized spacial score (nSPS) is 9.50. The quantitative estimate of drug-likeness (QED) is 0.547. The molecule has 0 aliphatic rings. The van der Waals surface area contributed by atoms with E-state index in [-0.39, 0.29) is 0 Å². The van der Waals surface area contributed by atoms with Crippen LogP contribution in [0.25, 0.3) is 0 Å². The van der Waals surface area contributed by atoms with E-state index >= 15 is 0 Å². The smallest absolute Gasteiger partial charge is 0.394 e. The van der Waals surface area contributed by atoms with Gasteiger partial charge in [-0.25, -0.2) is 9.78 Å². The number of hydrogen-bond donors (Lipinski definition) is 3. The maximum atomic E-state index is 10.7. The molecule has 0 saturated carbocycles. The first-order valence-corrected chi connectivity index (χ1v) is 3.77. The summed E-state index contributed by atoms with van der Waals surface area (Å²) in [5.74, 6) is -2.30. The van der Waals surface area contributed by atoms with E-state index in [2.05, 4.69) is 10.3 Å². The number of amides is 1. The van der Waals surface area contributed by atoms with Crippen LogP contribution in [0, 0.1) is 6.92 Å². The minimum atomic E-state index is -1.54. The average Bonchev–Trinajstić information content (AvgIpc) is 2.11. The van der Waals surface area contributed by atoms with Gasteiger partial charge in [0.1, 0.15) is 5.82 Å². The molecule has 0 fully saturated rings. The molecule has 1 aromatic rings. The SMILES string of the molecule is Cc1cc(NC(=O)C(=O)O)cnc1N. The highest BCUT2D eigenvalue weighted by atomic mass is 16.4. The van der Waals surface area contributed by atoms with Gasteiger partial charge in [-0.2, -0.15) is 0 Å². The molecular formula is C8H9N3O3. The third kappa shape index (κ3) is 2.19. The van der Waals surface area contributed by atoms with Crippen molar-refractivity contribution in [1.82, 2.24) is 4.98 Å². The first-order valence-electron chi connectivity index (χ1n) is 3.77. The highest BCUT2D eigenvalue weighted by molar-refractivity contribution is 6.36. The predicted molar refractivity (Wildman–Crippen MR) is 49.7 cm³/mol. The molecule has 1 amide bonds. The summed E-state index contributed by atoms with van der Waals surface area (Å²) in [5, 5.41) is 10.5. The molecule has 1 heterocycles. The van der Waals surface area contributed by atoms with E-state index in [4.69, 9.17) is 10.8 Å². The first kappa shape index (κ1) is 9.97. The van der Waals surface area contributed by atoms with Crippen molar-refractivity contribution >= 4 is 23.4 Å². The van der Waals surface area contributed by atoms with Crippen molar-refractivity contribution in [2.75, 3.05) is 11.1 Å². The molecule has 0 aromatic carbocycles. The third-order valence-corrected chi connectivity index (χ3v) is 1.57. The summed E-state index contributed by atoms with van der Waals surface area (Å²) in [7, 11) is 0. The average molecular weight is 195 g/mol. The molecule has 1 rings (SSSR count). The number of nitrogens with zero attached hydrogens (tertiary/aromatic N) is 1. The Hall–Kier alpha value is -2.11. The lowest BCUT2D eigenvalue weighted by Gasteiger charge is -2.03. The van der Waals surface area contributed by atoms with Crippen molar-refractivity contribution in [2.45, 2.75) is 6.92 Å². The van der Waals surface area contributed by atoms with Crippen molar-refractivity contribution in [1.29, 1.82) is 0 Å². The second-order valence-corrected chi connectivity index (χ2v) is 2.69. The second kappa shape index (κ2) is 3.73. The minimum Gasteiger partial charge on any atom is -0.474 e. The number of hydrogen-bond acceptors (Lipinski definition) is 4. The van der Waals surface area contributed by atoms with Gasteiger partial charge in [0, 0.05) is 0 Å². The summed E-state index contributed by atoms with van der Waals surface area (Å²) < 4.78 is 0. The van der Waals surface area contributed by atoms with Gasteiger partial charge in [-0.05, 0) is 18.6 Å². The number of rotatable bonds is 1. The Labute approximate surface area is 79.8 Å². The van der Waals surface area contributed by atoms with Gasteiger partial charge in [-0.1, -0.05) is 0 Å². The lowest BCUT2D eigenvalue weighted by Crippen LogP contribution is -2.22. The lowest BCUT2D eigenvalue weighted by atomic mass is 10.2. The van der Waals surface area contributed by atoms with E-state index in [9.17, 15) is 9.59 Å². The number of nitrogens with two attached hydrogens (primary N) is 1. The molecule has 4 N–H and O–H groups in total. The Morgan fingerprint density at radius 1 is 1.57 bits per heavy atom. The van der Waals surface area contributed by atoms with Crippen molar-refractivity contribution in [3.05, 3.63) is 17.8 Å². The molecule has 1 aromatic heterocycles. The monoisotopic (exact) mass is 195 g/mol. The molecule has 0 spiro atoms. The van der Waals surface area contributed by atoms with E-state index in [1.807, 2.05) is 0 Å². The topological polar surface area (TPSA) is 105 Å². The number of carboxylic acids is 1. The van der Waals surface area contributed by atoms with E-state index in [1.54, 1.807) is 13.0 Å². The van der Waals surface area contributed by atoms with E-state index < -0.39 is 11.9 Å². The van der Waals surface area contributed by atoms with E-state index in [1.165, 1.54) is 6.20 Å². The summed E-state index contributed by atoms with van der Waals surface area (Å²) in [5.41, 5.74) is 6.42. The number of aromatic nitrogens is 1. The fraction of sp³-hybridized carbons (Fsp3) is 0.125. The Bertz CT molecular complexity index is 389. The zero-order chi connectivity index (χ0) is 10.7. The molecule has 0 aliphatic carbocycles. The van der Waals surface area contributed by atoms with Crippen LogP contribution in [0.2, 0.25) is 0 Å². The summed E-state index contributed by atoms with van der Waals surface area (Å²) in [6, 6.07) is 1.54. The zero-order valence-electron chi connectivity index (χ0n) is 7.44. The molecule has 6 heteroatoms. The van der Waals surface area contributed by atoms with Crippen LogP contribution >= 0.6 is 0 Å². The Morgan fingerprint density at radius 2 is 2.21 bits per heavy atom. The van der Waals surface area contributed by atoms with Gasteiger partial charge in [0.25, 0.3) is 0 Å². The van der Waals surface area contributed by atoms with Crippen LogP contribution < -0.4 is 11.1 Å². The molecule has 74 valence electrons. The standard InChI is InChI=1S/C8H9N3O3/c1-4-2-5(3-10-6(4)9)11-7(12)8(13)14/h2-3H,1H3,(H2,9,10)(H,11,12)(H,13,14). The number of aryl methyl sites for hydroxylation is 1. The molecule has 0 bridgehead atoms. The summed E-state index contributed by atoms with van der Waals surface area (Å²) in [6.07, 6.45) is 1.29. The molecule has 0 atom stereocenters. The minimum absolute atomic E-state index is 0.309. The molecule has 6 nitrogen and oxygen atoms in total. The molecule has 0 aliphatic heterocycles. The van der Waals surface area contributed by atoms with Gasteiger partial charge in [0.05, 0.1) is 11.9 Å². The van der Waals surface area contributed by atoms with Crippen LogP contribution in [0.5, 0.6) is 0 Å². The third-order valence-electron chi connectivity index (χ3n) is 1.57. The molecular weight excluding hydrogens is 186 g/mol. The number of nitrogen functional groups attached to an aromatic ring is 1. The first-order chi connectivity index (χ1) is 6.50. The number of aliphatic carboxylic acids is 1. The Morgan fingerprint density at radius 3 is 2.71 bits per heavy atom. The largest absolute Gasteiger partial charge is 0.474 e. The van der Waals surface area contributed by atoms with Crippen LogP contribution in [0.15, 0.2) is 12.3 Å². The van der Waals surface area contributed by atoms with Gasteiger partial charge in [-0.3, -0.25) is 4.79 Å². The highest BCUT2D eigenvalue weighted by Gasteiger charge is 2.11. The van der Waals surface area contributed by atoms with Crippen LogP contribution in [-0.2, 0) is 9.59 Å². The molecule has 0 saturated heterocycles. The van der Waals surface area contributed by atoms with Gasteiger partial charge in [-0.15, -0.1) is 0 Å². The van der Waals surface area contributed by atoms with Gasteiger partial charge in [0.2, 0.25) is 0 Å².